The Hall–Kier alpha value is -0.510. The fourth-order valence-electron chi connectivity index (χ4n) is 0.191. The highest BCUT2D eigenvalue weighted by molar-refractivity contribution is 9.11. The van der Waals surface area contributed by atoms with E-state index in [1.807, 2.05) is 0 Å². The molecule has 0 aromatic carbocycles. The first-order valence-electron chi connectivity index (χ1n) is 1.99. The molecule has 2 N–H and O–H groups in total. The van der Waals surface area contributed by atoms with E-state index < -0.39 is 6.09 Å². The highest BCUT2D eigenvalue weighted by Gasteiger charge is 1.85. The van der Waals surface area contributed by atoms with Gasteiger partial charge in [0.05, 0.1) is 0 Å². The van der Waals surface area contributed by atoms with Crippen LogP contribution in [0, 0.1) is 0 Å². The molecule has 0 atom stereocenters. The van der Waals surface area contributed by atoms with Crippen LogP contribution in [0.1, 0.15) is 0 Å². The topological polar surface area (TPSA) is 49.3 Å². The summed E-state index contributed by atoms with van der Waals surface area (Å²) in [4.78, 5) is 11.3. The molecule has 0 bridgehead atoms. The monoisotopic (exact) mass is 179 g/mol. The molecule has 46 valence electrons. The zero-order valence-electron chi connectivity index (χ0n) is 4.10. The van der Waals surface area contributed by atoms with Gasteiger partial charge in [-0.2, -0.15) is 0 Å². The summed E-state index contributed by atoms with van der Waals surface area (Å²) in [6.07, 6.45) is 0.643. The summed E-state index contributed by atoms with van der Waals surface area (Å²) in [6, 6.07) is 0. The molecule has 0 saturated heterocycles. The number of hydrogen-bond donors (Lipinski definition) is 2. The predicted octanol–water partition coefficient (Wildman–Crippen LogP) is 1.16. The first-order chi connectivity index (χ1) is 3.77. The molecule has 0 saturated carbocycles. The standard InChI is InChI=1S/C4H6BrNO2/c5-2-1-3-6-4(7)8/h1-2,6H,3H2,(H,7,8). The molecule has 0 aromatic heterocycles. The van der Waals surface area contributed by atoms with Crippen LogP contribution in [-0.2, 0) is 0 Å². The van der Waals surface area contributed by atoms with Crippen LogP contribution in [-0.4, -0.2) is 17.7 Å². The Labute approximate surface area is 55.5 Å². The minimum atomic E-state index is -1.00. The maximum Gasteiger partial charge on any atom is 0.404 e. The van der Waals surface area contributed by atoms with Crippen molar-refractivity contribution in [1.82, 2.24) is 5.32 Å². The fraction of sp³-hybridized carbons (Fsp3) is 0.250. The van der Waals surface area contributed by atoms with E-state index in [9.17, 15) is 4.79 Å². The third kappa shape index (κ3) is 5.49. The molecular weight excluding hydrogens is 174 g/mol. The maximum absolute atomic E-state index is 9.71. The van der Waals surface area contributed by atoms with Crippen LogP contribution in [0.2, 0.25) is 0 Å². The van der Waals surface area contributed by atoms with Gasteiger partial charge in [0, 0.05) is 6.54 Å². The van der Waals surface area contributed by atoms with Gasteiger partial charge in [-0.05, 0) is 4.99 Å². The second kappa shape index (κ2) is 4.64. The van der Waals surface area contributed by atoms with Crippen LogP contribution in [0.3, 0.4) is 0 Å². The van der Waals surface area contributed by atoms with E-state index in [1.54, 1.807) is 11.1 Å². The van der Waals surface area contributed by atoms with Crippen molar-refractivity contribution in [2.24, 2.45) is 0 Å². The van der Waals surface area contributed by atoms with Crippen LogP contribution in [0.4, 0.5) is 4.79 Å². The summed E-state index contributed by atoms with van der Waals surface area (Å²) in [5.41, 5.74) is 0. The van der Waals surface area contributed by atoms with Crippen molar-refractivity contribution in [3.8, 4) is 0 Å². The Balaban J connectivity index is 3.05. The lowest BCUT2D eigenvalue weighted by Gasteiger charge is -1.89. The minimum absolute atomic E-state index is 0.348. The predicted molar refractivity (Wildman–Crippen MR) is 34.1 cm³/mol. The highest BCUT2D eigenvalue weighted by Crippen LogP contribution is 1.78. The van der Waals surface area contributed by atoms with Crippen LogP contribution in [0.15, 0.2) is 11.1 Å². The van der Waals surface area contributed by atoms with Gasteiger partial charge in [-0.15, -0.1) is 0 Å². The molecule has 0 heterocycles. The number of amides is 1. The number of halogens is 1. The normalized spacial score (nSPS) is 9.62. The lowest BCUT2D eigenvalue weighted by atomic mass is 10.6. The largest absolute Gasteiger partial charge is 0.465 e. The van der Waals surface area contributed by atoms with Gasteiger partial charge in [0.2, 0.25) is 0 Å². The SMILES string of the molecule is O=C(O)NCC=CBr. The summed E-state index contributed by atoms with van der Waals surface area (Å²) < 4.78 is 0. The van der Waals surface area contributed by atoms with E-state index in [0.717, 1.165) is 0 Å². The number of carbonyl (C=O) groups is 1. The average Bonchev–Trinajstić information content (AvgIpc) is 1.66. The molecule has 0 fully saturated rings. The second-order valence-electron chi connectivity index (χ2n) is 1.05. The lowest BCUT2D eigenvalue weighted by Crippen LogP contribution is -2.20. The van der Waals surface area contributed by atoms with Crippen LogP contribution in [0.25, 0.3) is 0 Å². The van der Waals surface area contributed by atoms with Crippen molar-refractivity contribution in [3.05, 3.63) is 11.1 Å². The summed E-state index contributed by atoms with van der Waals surface area (Å²) in [6.45, 7) is 0.348. The lowest BCUT2D eigenvalue weighted by molar-refractivity contribution is 0.195. The third-order valence-electron chi connectivity index (χ3n) is 0.460. The molecule has 4 heteroatoms. The molecule has 0 aliphatic rings. The molecule has 0 aliphatic carbocycles. The van der Waals surface area contributed by atoms with E-state index in [0.29, 0.717) is 6.54 Å². The summed E-state index contributed by atoms with van der Waals surface area (Å²) >= 11 is 2.99. The van der Waals surface area contributed by atoms with Gasteiger partial charge in [-0.3, -0.25) is 0 Å². The molecule has 0 unspecified atom stereocenters. The fourth-order valence-corrected chi connectivity index (χ4v) is 0.378. The Morgan fingerprint density at radius 1 is 1.88 bits per heavy atom. The van der Waals surface area contributed by atoms with E-state index in [2.05, 4.69) is 21.2 Å². The molecule has 3 nitrogen and oxygen atoms in total. The van der Waals surface area contributed by atoms with Gasteiger partial charge in [-0.1, -0.05) is 22.0 Å². The first-order valence-corrected chi connectivity index (χ1v) is 2.91. The van der Waals surface area contributed by atoms with Crippen molar-refractivity contribution in [2.75, 3.05) is 6.54 Å². The Kier molecular flexibility index (Phi) is 4.35. The Morgan fingerprint density at radius 3 is 2.88 bits per heavy atom. The van der Waals surface area contributed by atoms with Crippen LogP contribution >= 0.6 is 15.9 Å². The number of hydrogen-bond acceptors (Lipinski definition) is 1. The van der Waals surface area contributed by atoms with Gasteiger partial charge in [-0.25, -0.2) is 4.79 Å². The Morgan fingerprint density at radius 2 is 2.50 bits per heavy atom. The molecular formula is C4H6BrNO2. The molecule has 0 spiro atoms. The molecule has 0 radical (unpaired) electrons. The minimum Gasteiger partial charge on any atom is -0.465 e. The van der Waals surface area contributed by atoms with Gasteiger partial charge in [0.15, 0.2) is 0 Å². The summed E-state index contributed by atoms with van der Waals surface area (Å²) in [7, 11) is 0. The quantitative estimate of drug-likeness (QED) is 0.669. The Bertz CT molecular complexity index is 102. The van der Waals surface area contributed by atoms with Crippen LogP contribution < -0.4 is 5.32 Å². The molecule has 1 amide bonds. The van der Waals surface area contributed by atoms with Crippen LogP contribution in [0.5, 0.6) is 0 Å². The summed E-state index contributed by atoms with van der Waals surface area (Å²) in [5.74, 6) is 0. The zero-order chi connectivity index (χ0) is 6.41. The second-order valence-corrected chi connectivity index (χ2v) is 1.58. The van der Waals surface area contributed by atoms with Crippen molar-refractivity contribution in [1.29, 1.82) is 0 Å². The highest BCUT2D eigenvalue weighted by atomic mass is 79.9. The van der Waals surface area contributed by atoms with Crippen molar-refractivity contribution in [3.63, 3.8) is 0 Å². The molecule has 0 aromatic rings. The van der Waals surface area contributed by atoms with Crippen molar-refractivity contribution < 1.29 is 9.90 Å². The van der Waals surface area contributed by atoms with Crippen molar-refractivity contribution in [2.45, 2.75) is 0 Å². The maximum atomic E-state index is 9.71. The number of rotatable bonds is 2. The van der Waals surface area contributed by atoms with E-state index >= 15 is 0 Å². The zero-order valence-corrected chi connectivity index (χ0v) is 5.68. The van der Waals surface area contributed by atoms with Gasteiger partial charge in [0.25, 0.3) is 0 Å². The van der Waals surface area contributed by atoms with E-state index in [4.69, 9.17) is 5.11 Å². The third-order valence-corrected chi connectivity index (χ3v) is 0.834. The van der Waals surface area contributed by atoms with E-state index in [-0.39, 0.29) is 0 Å². The smallest absolute Gasteiger partial charge is 0.404 e. The van der Waals surface area contributed by atoms with Gasteiger partial charge in [0.1, 0.15) is 0 Å². The first kappa shape index (κ1) is 7.49. The van der Waals surface area contributed by atoms with Crippen molar-refractivity contribution >= 4 is 22.0 Å². The number of nitrogens with one attached hydrogen (secondary N) is 1. The van der Waals surface area contributed by atoms with Gasteiger partial charge < -0.3 is 10.4 Å². The van der Waals surface area contributed by atoms with Gasteiger partial charge >= 0.3 is 6.09 Å². The number of carboxylic acid groups (broad SMARTS) is 1. The van der Waals surface area contributed by atoms with E-state index in [1.165, 1.54) is 0 Å². The average molecular weight is 180 g/mol. The molecule has 0 rings (SSSR count). The summed E-state index contributed by atoms with van der Waals surface area (Å²) in [5, 5.41) is 10.1. The molecule has 0 aliphatic heterocycles. The molecule has 8 heavy (non-hydrogen) atoms.